The van der Waals surface area contributed by atoms with Crippen molar-refractivity contribution in [1.82, 2.24) is 0 Å². The summed E-state index contributed by atoms with van der Waals surface area (Å²) in [6.45, 7) is 27.4. The van der Waals surface area contributed by atoms with Gasteiger partial charge < -0.3 is 18.9 Å². The molecular formula is C52H116O4S12Si5. The molecule has 440 valence electrons. The summed E-state index contributed by atoms with van der Waals surface area (Å²) in [4.78, 5) is 0. The van der Waals surface area contributed by atoms with Gasteiger partial charge in [0.2, 0.25) is 0 Å². The molecule has 0 unspecified atom stereocenters. The van der Waals surface area contributed by atoms with E-state index in [9.17, 15) is 0 Å². The first-order valence-corrected chi connectivity index (χ1v) is 52.1. The highest BCUT2D eigenvalue weighted by Gasteiger charge is 2.36. The molecule has 0 N–H and O–H groups in total. The van der Waals surface area contributed by atoms with Crippen molar-refractivity contribution in [2.75, 3.05) is 122 Å². The summed E-state index contributed by atoms with van der Waals surface area (Å²) in [6, 6.07) is 17.2. The molecule has 21 heteroatoms. The van der Waals surface area contributed by atoms with Gasteiger partial charge in [-0.25, -0.2) is 0 Å². The second kappa shape index (κ2) is 42.0. The Hall–Kier alpha value is 5.12. The molecule has 0 heterocycles. The zero-order chi connectivity index (χ0) is 55.6. The number of hydrogen-bond donors (Lipinski definition) is 12. The molecule has 0 amide bonds. The summed E-state index contributed by atoms with van der Waals surface area (Å²) >= 11 is 55.4. The zero-order valence-electron chi connectivity index (χ0n) is 47.8. The molecule has 0 aromatic carbocycles. The quantitative estimate of drug-likeness (QED) is 0.0170. The van der Waals surface area contributed by atoms with E-state index >= 15 is 0 Å². The Balaban J connectivity index is 6.32. The van der Waals surface area contributed by atoms with Crippen molar-refractivity contribution in [1.29, 1.82) is 0 Å². The average Bonchev–Trinajstić information content (AvgIpc) is 3.36. The standard InChI is InChI=1S/C52H116O4S12Si5/c1-69(2,21-9-17-53-33-49(37-57,38-58)39-59)25-13-29-73(30-14-26-70(3,4)22-10-18-54-34-50(40-60,41-61)42-62,31-15-27-71(5,6)23-11-19-55-35-51(43-63,44-64)45-65)32-16-28-72(7,8)24-12-20-56-36-52(46-66,47-67)48-68/h57-68H,9-48H2,1-8H3. The predicted molar refractivity (Wildman–Crippen MR) is 390 cm³/mol. The third-order valence-corrected chi connectivity index (χ3v) is 43.8. The first-order valence-electron chi connectivity index (χ1n) is 28.0. The molecule has 0 aromatic rings. The summed E-state index contributed by atoms with van der Waals surface area (Å²) in [5.41, 5.74) is -0.189. The van der Waals surface area contributed by atoms with Gasteiger partial charge in [-0.1, -0.05) is 151 Å². The van der Waals surface area contributed by atoms with Gasteiger partial charge in [0, 0.05) is 80.4 Å². The van der Waals surface area contributed by atoms with Crippen molar-refractivity contribution < 1.29 is 18.9 Å². The molecular weight excluding hydrogens is 1210 g/mol. The zero-order valence-corrected chi connectivity index (χ0v) is 63.5. The Kier molecular flexibility index (Phi) is 45.0. The van der Waals surface area contributed by atoms with Crippen LogP contribution >= 0.6 is 152 Å². The van der Waals surface area contributed by atoms with Crippen LogP contribution < -0.4 is 0 Å². The third-order valence-electron chi connectivity index (χ3n) is 16.5. The van der Waals surface area contributed by atoms with E-state index in [1.165, 1.54) is 98.2 Å². The summed E-state index contributed by atoms with van der Waals surface area (Å²) in [7, 11) is -7.15. The van der Waals surface area contributed by atoms with Gasteiger partial charge >= 0.3 is 0 Å². The summed E-state index contributed by atoms with van der Waals surface area (Å²) in [5, 5.41) is 0. The Labute approximate surface area is 525 Å². The van der Waals surface area contributed by atoms with Crippen LogP contribution in [0, 0.1) is 21.7 Å². The molecule has 0 saturated heterocycles. The lowest BCUT2D eigenvalue weighted by Gasteiger charge is -2.37. The number of ether oxygens (including phenoxy) is 4. The molecule has 0 aliphatic heterocycles. The topological polar surface area (TPSA) is 36.9 Å². The monoisotopic (exact) mass is 1330 g/mol. The van der Waals surface area contributed by atoms with Crippen LogP contribution in [-0.2, 0) is 18.9 Å². The molecule has 0 aromatic heterocycles. The van der Waals surface area contributed by atoms with Gasteiger partial charge in [0.15, 0.2) is 0 Å². The maximum absolute atomic E-state index is 6.28. The van der Waals surface area contributed by atoms with Gasteiger partial charge in [-0.3, -0.25) is 0 Å². The van der Waals surface area contributed by atoms with E-state index < -0.39 is 40.4 Å². The number of thiol groups is 12. The first-order chi connectivity index (χ1) is 34.4. The van der Waals surface area contributed by atoms with Gasteiger partial charge in [0.05, 0.1) is 34.5 Å². The highest BCUT2D eigenvalue weighted by Crippen LogP contribution is 2.39. The van der Waals surface area contributed by atoms with Crippen molar-refractivity contribution in [2.45, 2.75) is 176 Å². The highest BCUT2D eigenvalue weighted by molar-refractivity contribution is 7.83. The van der Waals surface area contributed by atoms with Gasteiger partial charge in [0.25, 0.3) is 0 Å². The van der Waals surface area contributed by atoms with Crippen LogP contribution in [0.25, 0.3) is 0 Å². The average molecular weight is 1330 g/mol. The van der Waals surface area contributed by atoms with Crippen molar-refractivity contribution >= 4 is 192 Å². The van der Waals surface area contributed by atoms with Crippen molar-refractivity contribution in [3.63, 3.8) is 0 Å². The minimum Gasteiger partial charge on any atom is -0.381 e. The fourth-order valence-electron chi connectivity index (χ4n) is 9.93. The Bertz CT molecular complexity index is 1120. The maximum atomic E-state index is 6.28. The van der Waals surface area contributed by atoms with Gasteiger partial charge in [-0.05, 0) is 94.7 Å². The molecule has 0 atom stereocenters. The third kappa shape index (κ3) is 34.0. The summed E-state index contributed by atoms with van der Waals surface area (Å²) < 4.78 is 25.1. The van der Waals surface area contributed by atoms with Crippen LogP contribution in [0.1, 0.15) is 51.4 Å². The fraction of sp³-hybridized carbons (Fsp3) is 1.00. The van der Waals surface area contributed by atoms with Crippen molar-refractivity contribution in [3.8, 4) is 0 Å². The lowest BCUT2D eigenvalue weighted by Crippen LogP contribution is -2.38. The Morgan fingerprint density at radius 2 is 0.384 bits per heavy atom. The summed E-state index contributed by atoms with van der Waals surface area (Å²) in [6.07, 6.45) is 10.3. The van der Waals surface area contributed by atoms with E-state index in [2.05, 4.69) is 204 Å². The van der Waals surface area contributed by atoms with Crippen LogP contribution in [0.2, 0.25) is 125 Å². The van der Waals surface area contributed by atoms with Crippen LogP contribution in [0.15, 0.2) is 0 Å². The Morgan fingerprint density at radius 3 is 0.534 bits per heavy atom. The second-order valence-corrected chi connectivity index (χ2v) is 56.2. The van der Waals surface area contributed by atoms with E-state index in [4.69, 9.17) is 18.9 Å². The Morgan fingerprint density at radius 1 is 0.233 bits per heavy atom. The second-order valence-electron chi connectivity index (χ2n) is 26.1. The van der Waals surface area contributed by atoms with E-state index in [1.807, 2.05) is 0 Å². The largest absolute Gasteiger partial charge is 0.381 e. The molecule has 73 heavy (non-hydrogen) atoms. The van der Waals surface area contributed by atoms with E-state index in [0.717, 1.165) is 121 Å². The molecule has 0 aliphatic rings. The molecule has 0 rings (SSSR count). The number of hydrogen-bond acceptors (Lipinski definition) is 16. The van der Waals surface area contributed by atoms with Crippen molar-refractivity contribution in [2.24, 2.45) is 21.7 Å². The highest BCUT2D eigenvalue weighted by atomic mass is 32.1. The van der Waals surface area contributed by atoms with Gasteiger partial charge in [0.1, 0.15) is 0 Å². The molecule has 4 nitrogen and oxygen atoms in total. The lowest BCUT2D eigenvalue weighted by atomic mass is 9.97. The van der Waals surface area contributed by atoms with Crippen LogP contribution in [0.3, 0.4) is 0 Å². The van der Waals surface area contributed by atoms with Crippen LogP contribution in [-0.4, -0.2) is 162 Å². The lowest BCUT2D eigenvalue weighted by molar-refractivity contribution is 0.0784. The van der Waals surface area contributed by atoms with Crippen molar-refractivity contribution in [3.05, 3.63) is 0 Å². The normalized spacial score (nSPS) is 14.0. The molecule has 0 spiro atoms. The minimum atomic E-state index is -1.60. The van der Waals surface area contributed by atoms with Crippen LogP contribution in [0.5, 0.6) is 0 Å². The SMILES string of the molecule is C[Si](C)(CCCOCC(CS)(CS)CS)CCC[Si](CCC[Si](C)(C)CCCOCC(CS)(CS)CS)(CCC[Si](C)(C)CCCOCC(CS)(CS)CS)CCC[Si](C)(C)CCCOCC(CS)(CS)CS. The molecule has 0 bridgehead atoms. The van der Waals surface area contributed by atoms with Gasteiger partial charge in [-0.15, -0.1) is 0 Å². The van der Waals surface area contributed by atoms with E-state index in [-0.39, 0.29) is 21.7 Å². The smallest absolute Gasteiger partial charge is 0.0545 e. The van der Waals surface area contributed by atoms with Gasteiger partial charge in [-0.2, -0.15) is 152 Å². The van der Waals surface area contributed by atoms with Crippen LogP contribution in [0.4, 0.5) is 0 Å². The predicted octanol–water partition coefficient (Wildman–Crippen LogP) is 16.6. The van der Waals surface area contributed by atoms with E-state index in [1.54, 1.807) is 0 Å². The number of rotatable bonds is 52. The first kappa shape index (κ1) is 78.1. The fourth-order valence-corrected chi connectivity index (χ4v) is 32.4. The minimum absolute atomic E-state index is 0.0472. The molecule has 0 fully saturated rings. The molecule has 0 aliphatic carbocycles. The summed E-state index contributed by atoms with van der Waals surface area (Å²) in [5.74, 6) is 9.07. The maximum Gasteiger partial charge on any atom is 0.0545 e. The molecule has 0 saturated carbocycles. The molecule has 0 radical (unpaired) electrons. The van der Waals surface area contributed by atoms with E-state index in [0.29, 0.717) is 26.4 Å².